The fourth-order valence-corrected chi connectivity index (χ4v) is 4.45. The third-order valence-electron chi connectivity index (χ3n) is 6.17. The monoisotopic (exact) mass is 400 g/mol. The van der Waals surface area contributed by atoms with Crippen LogP contribution in [-0.4, -0.2) is 72.7 Å². The van der Waals surface area contributed by atoms with Crippen molar-refractivity contribution >= 4 is 23.4 Å². The molecule has 3 aliphatic rings. The minimum atomic E-state index is -0.509. The van der Waals surface area contributed by atoms with Crippen LogP contribution in [0.2, 0.25) is 0 Å². The molecule has 3 heterocycles. The van der Waals surface area contributed by atoms with Crippen molar-refractivity contribution in [1.82, 2.24) is 9.80 Å². The van der Waals surface area contributed by atoms with Gasteiger partial charge in [-0.05, 0) is 46.8 Å². The number of fused-ring (bicyclic) bond motifs is 1. The highest BCUT2D eigenvalue weighted by Gasteiger charge is 2.42. The summed E-state index contributed by atoms with van der Waals surface area (Å²) in [6.45, 7) is 14.9. The van der Waals surface area contributed by atoms with Crippen LogP contribution in [0.15, 0.2) is 18.2 Å². The molecule has 0 atom stereocenters. The molecule has 0 unspecified atom stereocenters. The van der Waals surface area contributed by atoms with Gasteiger partial charge < -0.3 is 19.9 Å². The number of anilines is 2. The lowest BCUT2D eigenvalue weighted by atomic mass is 9.84. The largest absolute Gasteiger partial charge is 0.444 e. The maximum absolute atomic E-state index is 12.4. The molecule has 2 saturated heterocycles. The Bertz CT molecular complexity index is 816. The van der Waals surface area contributed by atoms with Gasteiger partial charge in [-0.3, -0.25) is 9.69 Å². The van der Waals surface area contributed by atoms with Gasteiger partial charge in [0.05, 0.1) is 5.41 Å². The van der Waals surface area contributed by atoms with E-state index in [1.165, 1.54) is 0 Å². The van der Waals surface area contributed by atoms with Crippen LogP contribution in [-0.2, 0) is 14.9 Å². The van der Waals surface area contributed by atoms with E-state index in [1.54, 1.807) is 4.90 Å². The number of carbonyl (C=O) groups is 2. The van der Waals surface area contributed by atoms with E-state index in [2.05, 4.69) is 21.2 Å². The van der Waals surface area contributed by atoms with Crippen LogP contribution in [0, 0.1) is 0 Å². The van der Waals surface area contributed by atoms with Crippen LogP contribution in [0.3, 0.4) is 0 Å². The standard InChI is InChI=1S/C22H32N4O3/c1-21(2,3)29-20(28)26-13-15(14-26)24-9-11-25(12-10-24)17-8-6-7-16-18(17)22(4,5)19(27)23-16/h6-8,15H,9-14H2,1-5H3,(H,23,27). The Morgan fingerprint density at radius 2 is 1.79 bits per heavy atom. The maximum atomic E-state index is 12.4. The number of piperazine rings is 1. The first-order valence-electron chi connectivity index (χ1n) is 10.5. The fraction of sp³-hybridized carbons (Fsp3) is 0.636. The zero-order chi connectivity index (χ0) is 21.0. The lowest BCUT2D eigenvalue weighted by Gasteiger charge is -2.48. The van der Waals surface area contributed by atoms with E-state index in [-0.39, 0.29) is 12.0 Å². The van der Waals surface area contributed by atoms with Gasteiger partial charge in [0.2, 0.25) is 5.91 Å². The van der Waals surface area contributed by atoms with Crippen molar-refractivity contribution in [3.63, 3.8) is 0 Å². The Kier molecular flexibility index (Phi) is 4.76. The molecule has 7 nitrogen and oxygen atoms in total. The van der Waals surface area contributed by atoms with Crippen molar-refractivity contribution in [1.29, 1.82) is 0 Å². The third-order valence-corrected chi connectivity index (χ3v) is 6.17. The first kappa shape index (κ1) is 20.0. The molecule has 0 saturated carbocycles. The van der Waals surface area contributed by atoms with Crippen molar-refractivity contribution in [2.24, 2.45) is 0 Å². The number of hydrogen-bond acceptors (Lipinski definition) is 5. The lowest BCUT2D eigenvalue weighted by molar-refractivity contribution is -0.119. The van der Waals surface area contributed by atoms with Crippen LogP contribution in [0.5, 0.6) is 0 Å². The molecule has 0 aromatic heterocycles. The van der Waals surface area contributed by atoms with Crippen molar-refractivity contribution < 1.29 is 14.3 Å². The Morgan fingerprint density at radius 3 is 2.41 bits per heavy atom. The highest BCUT2D eigenvalue weighted by atomic mass is 16.6. The minimum Gasteiger partial charge on any atom is -0.444 e. The summed E-state index contributed by atoms with van der Waals surface area (Å²) in [5.74, 6) is 0.0651. The summed E-state index contributed by atoms with van der Waals surface area (Å²) in [5, 5.41) is 3.02. The minimum absolute atomic E-state index is 0.0651. The normalized spacial score (nSPS) is 22.2. The number of nitrogens with zero attached hydrogens (tertiary/aromatic N) is 3. The molecule has 0 aliphatic carbocycles. The number of ether oxygens (including phenoxy) is 1. The lowest BCUT2D eigenvalue weighted by Crippen LogP contribution is -2.64. The SMILES string of the molecule is CC(C)(C)OC(=O)N1CC(N2CCN(c3cccc4c3C(C)(C)C(=O)N4)CC2)C1. The summed E-state index contributed by atoms with van der Waals surface area (Å²) in [6, 6.07) is 6.55. The topological polar surface area (TPSA) is 65.1 Å². The van der Waals surface area contributed by atoms with E-state index in [4.69, 9.17) is 4.74 Å². The van der Waals surface area contributed by atoms with Crippen LogP contribution < -0.4 is 10.2 Å². The van der Waals surface area contributed by atoms with E-state index in [0.29, 0.717) is 6.04 Å². The van der Waals surface area contributed by atoms with Crippen molar-refractivity contribution in [2.75, 3.05) is 49.5 Å². The highest BCUT2D eigenvalue weighted by molar-refractivity contribution is 6.07. The van der Waals surface area contributed by atoms with Crippen molar-refractivity contribution in [2.45, 2.75) is 51.7 Å². The summed E-state index contributed by atoms with van der Waals surface area (Å²) in [6.07, 6.45) is -0.216. The Labute approximate surface area is 173 Å². The number of likely N-dealkylation sites (tertiary alicyclic amines) is 1. The number of amides is 2. The Morgan fingerprint density at radius 1 is 1.14 bits per heavy atom. The van der Waals surface area contributed by atoms with Crippen LogP contribution in [0.1, 0.15) is 40.2 Å². The molecule has 2 fully saturated rings. The Balaban J connectivity index is 1.35. The smallest absolute Gasteiger partial charge is 0.410 e. The van der Waals surface area contributed by atoms with E-state index in [9.17, 15) is 9.59 Å². The van der Waals surface area contributed by atoms with Gasteiger partial charge in [-0.25, -0.2) is 4.79 Å². The number of hydrogen-bond donors (Lipinski definition) is 1. The fourth-order valence-electron chi connectivity index (χ4n) is 4.45. The first-order chi connectivity index (χ1) is 13.6. The molecule has 1 aromatic rings. The molecule has 7 heteroatoms. The summed E-state index contributed by atoms with van der Waals surface area (Å²) in [4.78, 5) is 31.2. The summed E-state index contributed by atoms with van der Waals surface area (Å²) < 4.78 is 5.45. The van der Waals surface area contributed by atoms with Crippen LogP contribution in [0.25, 0.3) is 0 Å². The zero-order valence-electron chi connectivity index (χ0n) is 18.1. The number of benzene rings is 1. The van der Waals surface area contributed by atoms with E-state index in [0.717, 1.165) is 56.2 Å². The van der Waals surface area contributed by atoms with Gasteiger partial charge in [-0.2, -0.15) is 0 Å². The average molecular weight is 401 g/mol. The van der Waals surface area contributed by atoms with Crippen molar-refractivity contribution in [3.8, 4) is 0 Å². The molecule has 29 heavy (non-hydrogen) atoms. The van der Waals surface area contributed by atoms with Crippen LogP contribution >= 0.6 is 0 Å². The second-order valence-corrected chi connectivity index (χ2v) is 9.84. The van der Waals surface area contributed by atoms with Gasteiger partial charge in [-0.1, -0.05) is 6.07 Å². The molecule has 0 radical (unpaired) electrons. The summed E-state index contributed by atoms with van der Waals surface area (Å²) >= 11 is 0. The van der Waals surface area contributed by atoms with Gasteiger partial charge in [0, 0.05) is 62.2 Å². The second-order valence-electron chi connectivity index (χ2n) is 9.84. The van der Waals surface area contributed by atoms with Gasteiger partial charge in [0.15, 0.2) is 0 Å². The summed E-state index contributed by atoms with van der Waals surface area (Å²) in [5.41, 5.74) is 2.25. The van der Waals surface area contributed by atoms with Gasteiger partial charge in [-0.15, -0.1) is 0 Å². The third kappa shape index (κ3) is 3.68. The first-order valence-corrected chi connectivity index (χ1v) is 10.5. The quantitative estimate of drug-likeness (QED) is 0.827. The molecular weight excluding hydrogens is 368 g/mol. The number of rotatable bonds is 2. The predicted molar refractivity (Wildman–Crippen MR) is 113 cm³/mol. The maximum Gasteiger partial charge on any atom is 0.410 e. The molecule has 158 valence electrons. The Hall–Kier alpha value is -2.28. The van der Waals surface area contributed by atoms with E-state index >= 15 is 0 Å². The molecule has 4 rings (SSSR count). The average Bonchev–Trinajstić information content (AvgIpc) is 2.82. The van der Waals surface area contributed by atoms with Gasteiger partial charge in [0.1, 0.15) is 5.60 Å². The molecule has 0 bridgehead atoms. The molecule has 2 amide bonds. The van der Waals surface area contributed by atoms with Crippen LogP contribution in [0.4, 0.5) is 16.2 Å². The zero-order valence-corrected chi connectivity index (χ0v) is 18.1. The van der Waals surface area contributed by atoms with Crippen molar-refractivity contribution in [3.05, 3.63) is 23.8 Å². The highest BCUT2D eigenvalue weighted by Crippen LogP contribution is 2.43. The number of carbonyl (C=O) groups excluding carboxylic acids is 2. The molecule has 0 spiro atoms. The predicted octanol–water partition coefficient (Wildman–Crippen LogP) is 2.66. The molecule has 3 aliphatic heterocycles. The van der Waals surface area contributed by atoms with Gasteiger partial charge >= 0.3 is 6.09 Å². The van der Waals surface area contributed by atoms with Gasteiger partial charge in [0.25, 0.3) is 0 Å². The molecular formula is C22H32N4O3. The van der Waals surface area contributed by atoms with E-state index in [1.807, 2.05) is 46.8 Å². The summed E-state index contributed by atoms with van der Waals surface area (Å²) in [7, 11) is 0. The van der Waals surface area contributed by atoms with E-state index < -0.39 is 11.0 Å². The molecule has 1 aromatic carbocycles. The number of nitrogens with one attached hydrogen (secondary N) is 1. The second kappa shape index (κ2) is 6.90. The molecule has 1 N–H and O–H groups in total.